The second-order valence-electron chi connectivity index (χ2n) is 2.57. The summed E-state index contributed by atoms with van der Waals surface area (Å²) in [4.78, 5) is 18.8. The summed E-state index contributed by atoms with van der Waals surface area (Å²) in [7, 11) is 0. The zero-order valence-electron chi connectivity index (χ0n) is 7.66. The lowest BCUT2D eigenvalue weighted by molar-refractivity contribution is 0.0688. The van der Waals surface area contributed by atoms with Gasteiger partial charge in [-0.2, -0.15) is 0 Å². The number of hydrogen-bond donors (Lipinski definition) is 1. The zero-order valence-corrected chi connectivity index (χ0v) is 8.47. The highest BCUT2D eigenvalue weighted by atomic mass is 32.2. The molecule has 1 aromatic rings. The third-order valence-corrected chi connectivity index (χ3v) is 2.30. The van der Waals surface area contributed by atoms with E-state index in [2.05, 4.69) is 9.97 Å². The van der Waals surface area contributed by atoms with Crippen molar-refractivity contribution in [1.29, 1.82) is 0 Å². The Morgan fingerprint density at radius 2 is 2.00 bits per heavy atom. The molecule has 0 fully saturated rings. The first kappa shape index (κ1) is 9.98. The monoisotopic (exact) mass is 198 g/mol. The van der Waals surface area contributed by atoms with Gasteiger partial charge in [0.15, 0.2) is 10.9 Å². The van der Waals surface area contributed by atoms with Crippen LogP contribution in [0.15, 0.2) is 5.16 Å². The number of carbonyl (C=O) groups is 1. The molecule has 0 bridgehead atoms. The Hall–Kier alpha value is -1.10. The van der Waals surface area contributed by atoms with E-state index in [0.29, 0.717) is 10.7 Å². The number of aromatic carboxylic acids is 1. The van der Waals surface area contributed by atoms with E-state index in [1.165, 1.54) is 11.8 Å². The van der Waals surface area contributed by atoms with Crippen molar-refractivity contribution < 1.29 is 9.90 Å². The second-order valence-corrected chi connectivity index (χ2v) is 3.35. The molecule has 1 heterocycles. The number of aryl methyl sites for hydroxylation is 1. The number of thioether (sulfide) groups is 1. The average Bonchev–Trinajstić information content (AvgIpc) is 2.09. The van der Waals surface area contributed by atoms with Crippen LogP contribution < -0.4 is 0 Å². The lowest BCUT2D eigenvalue weighted by Gasteiger charge is -2.04. The molecule has 13 heavy (non-hydrogen) atoms. The molecule has 70 valence electrons. The Morgan fingerprint density at radius 3 is 2.46 bits per heavy atom. The Bertz CT molecular complexity index is 352. The number of carboxylic acid groups (broad SMARTS) is 1. The molecule has 0 atom stereocenters. The number of carboxylic acids is 1. The fourth-order valence-corrected chi connectivity index (χ4v) is 1.31. The van der Waals surface area contributed by atoms with Crippen molar-refractivity contribution in [3.63, 3.8) is 0 Å². The summed E-state index contributed by atoms with van der Waals surface area (Å²) in [6.07, 6.45) is 1.82. The van der Waals surface area contributed by atoms with Crippen molar-refractivity contribution in [3.8, 4) is 0 Å². The first-order chi connectivity index (χ1) is 6.06. The predicted octanol–water partition coefficient (Wildman–Crippen LogP) is 1.51. The van der Waals surface area contributed by atoms with Crippen molar-refractivity contribution in [1.82, 2.24) is 9.97 Å². The highest BCUT2D eigenvalue weighted by molar-refractivity contribution is 7.98. The molecule has 0 radical (unpaired) electrons. The summed E-state index contributed by atoms with van der Waals surface area (Å²) in [6, 6.07) is 0. The van der Waals surface area contributed by atoms with Crippen LogP contribution in [0.4, 0.5) is 0 Å². The molecular formula is C8H10N2O2S. The summed E-state index contributed by atoms with van der Waals surface area (Å²) >= 11 is 1.34. The third-order valence-electron chi connectivity index (χ3n) is 1.75. The quantitative estimate of drug-likeness (QED) is 0.576. The Morgan fingerprint density at radius 1 is 1.38 bits per heavy atom. The van der Waals surface area contributed by atoms with Gasteiger partial charge in [-0.3, -0.25) is 0 Å². The van der Waals surface area contributed by atoms with Gasteiger partial charge < -0.3 is 5.11 Å². The molecule has 5 heteroatoms. The van der Waals surface area contributed by atoms with Crippen molar-refractivity contribution in [3.05, 3.63) is 17.0 Å². The first-order valence-electron chi connectivity index (χ1n) is 3.68. The van der Waals surface area contributed by atoms with Crippen LogP contribution in [-0.2, 0) is 0 Å². The summed E-state index contributed by atoms with van der Waals surface area (Å²) < 4.78 is 0. The van der Waals surface area contributed by atoms with Gasteiger partial charge in [-0.25, -0.2) is 14.8 Å². The Kier molecular flexibility index (Phi) is 2.87. The maximum atomic E-state index is 10.7. The molecule has 0 spiro atoms. The number of nitrogens with zero attached hydrogens (tertiary/aromatic N) is 2. The van der Waals surface area contributed by atoms with E-state index in [-0.39, 0.29) is 5.69 Å². The van der Waals surface area contributed by atoms with Crippen LogP contribution in [0.1, 0.15) is 21.7 Å². The molecule has 4 nitrogen and oxygen atoms in total. The molecule has 0 amide bonds. The molecule has 0 aliphatic carbocycles. The van der Waals surface area contributed by atoms with Crippen molar-refractivity contribution >= 4 is 17.7 Å². The molecule has 0 aliphatic heterocycles. The minimum absolute atomic E-state index is 0.0943. The lowest BCUT2D eigenvalue weighted by Crippen LogP contribution is -2.07. The molecule has 0 saturated carbocycles. The van der Waals surface area contributed by atoms with E-state index in [0.717, 1.165) is 5.69 Å². The van der Waals surface area contributed by atoms with E-state index in [1.54, 1.807) is 13.8 Å². The normalized spacial score (nSPS) is 10.1. The molecule has 1 aromatic heterocycles. The van der Waals surface area contributed by atoms with Gasteiger partial charge in [0, 0.05) is 11.3 Å². The molecule has 0 aliphatic rings. The van der Waals surface area contributed by atoms with Crippen LogP contribution in [0.5, 0.6) is 0 Å². The lowest BCUT2D eigenvalue weighted by atomic mass is 10.2. The van der Waals surface area contributed by atoms with E-state index in [4.69, 9.17) is 5.11 Å². The second kappa shape index (κ2) is 3.74. The molecule has 0 unspecified atom stereocenters. The van der Waals surface area contributed by atoms with Crippen LogP contribution in [0.3, 0.4) is 0 Å². The molecule has 1 N–H and O–H groups in total. The third kappa shape index (κ3) is 1.98. The predicted molar refractivity (Wildman–Crippen MR) is 50.2 cm³/mol. The van der Waals surface area contributed by atoms with Gasteiger partial charge in [0.2, 0.25) is 0 Å². The highest BCUT2D eigenvalue weighted by Crippen LogP contribution is 2.14. The van der Waals surface area contributed by atoms with Gasteiger partial charge in [0.05, 0.1) is 0 Å². The summed E-state index contributed by atoms with van der Waals surface area (Å²) in [6.45, 7) is 3.49. The minimum Gasteiger partial charge on any atom is -0.476 e. The SMILES string of the molecule is CSc1nc(C)c(C)c(C(=O)O)n1. The first-order valence-corrected chi connectivity index (χ1v) is 4.91. The summed E-state index contributed by atoms with van der Waals surface area (Å²) in [5.41, 5.74) is 1.44. The topological polar surface area (TPSA) is 63.1 Å². The van der Waals surface area contributed by atoms with Gasteiger partial charge in [-0.15, -0.1) is 0 Å². The van der Waals surface area contributed by atoms with Crippen LogP contribution >= 0.6 is 11.8 Å². The standard InChI is InChI=1S/C8H10N2O2S/c1-4-5(2)9-8(13-3)10-6(4)7(11)12/h1-3H3,(H,11,12). The maximum Gasteiger partial charge on any atom is 0.354 e. The van der Waals surface area contributed by atoms with Crippen molar-refractivity contribution in [2.75, 3.05) is 6.26 Å². The average molecular weight is 198 g/mol. The fraction of sp³-hybridized carbons (Fsp3) is 0.375. The molecular weight excluding hydrogens is 188 g/mol. The zero-order chi connectivity index (χ0) is 10.0. The number of rotatable bonds is 2. The Labute approximate surface area is 80.4 Å². The van der Waals surface area contributed by atoms with Gasteiger partial charge in [-0.05, 0) is 20.1 Å². The highest BCUT2D eigenvalue weighted by Gasteiger charge is 2.13. The van der Waals surface area contributed by atoms with Gasteiger partial charge in [-0.1, -0.05) is 11.8 Å². The molecule has 1 rings (SSSR count). The van der Waals surface area contributed by atoms with Gasteiger partial charge >= 0.3 is 5.97 Å². The van der Waals surface area contributed by atoms with E-state index >= 15 is 0 Å². The minimum atomic E-state index is -1.00. The van der Waals surface area contributed by atoms with Gasteiger partial charge in [0.25, 0.3) is 0 Å². The van der Waals surface area contributed by atoms with E-state index in [9.17, 15) is 4.79 Å². The van der Waals surface area contributed by atoms with Crippen LogP contribution in [0.25, 0.3) is 0 Å². The fourth-order valence-electron chi connectivity index (χ4n) is 0.903. The number of hydrogen-bond acceptors (Lipinski definition) is 4. The van der Waals surface area contributed by atoms with E-state index < -0.39 is 5.97 Å². The largest absolute Gasteiger partial charge is 0.476 e. The van der Waals surface area contributed by atoms with Crippen LogP contribution in [0, 0.1) is 13.8 Å². The Balaban J connectivity index is 3.33. The van der Waals surface area contributed by atoms with Gasteiger partial charge in [0.1, 0.15) is 0 Å². The van der Waals surface area contributed by atoms with Crippen molar-refractivity contribution in [2.45, 2.75) is 19.0 Å². The van der Waals surface area contributed by atoms with Crippen LogP contribution in [-0.4, -0.2) is 27.3 Å². The smallest absolute Gasteiger partial charge is 0.354 e. The number of aromatic nitrogens is 2. The van der Waals surface area contributed by atoms with Crippen LogP contribution in [0.2, 0.25) is 0 Å². The van der Waals surface area contributed by atoms with E-state index in [1.807, 2.05) is 6.26 Å². The molecule has 0 saturated heterocycles. The summed E-state index contributed by atoms with van der Waals surface area (Å²) in [5, 5.41) is 9.31. The van der Waals surface area contributed by atoms with Crippen molar-refractivity contribution in [2.24, 2.45) is 0 Å². The summed E-state index contributed by atoms with van der Waals surface area (Å²) in [5.74, 6) is -1.00. The molecule has 0 aromatic carbocycles. The maximum absolute atomic E-state index is 10.7.